The van der Waals surface area contributed by atoms with Gasteiger partial charge in [-0.2, -0.15) is 0 Å². The molecule has 18 heavy (non-hydrogen) atoms. The lowest BCUT2D eigenvalue weighted by Crippen LogP contribution is -2.24. The third-order valence-electron chi connectivity index (χ3n) is 2.55. The van der Waals surface area contributed by atoms with Gasteiger partial charge in [-0.15, -0.1) is 0 Å². The smallest absolute Gasteiger partial charge is 0.136 e. The predicted octanol–water partition coefficient (Wildman–Crippen LogP) is 4.61. The Morgan fingerprint density at radius 3 is 2.39 bits per heavy atom. The topological polar surface area (TPSA) is 26.3 Å². The zero-order valence-electron chi connectivity index (χ0n) is 11.9. The molecule has 1 aromatic rings. The van der Waals surface area contributed by atoms with Crippen LogP contribution in [0.25, 0.3) is 0 Å². The molecule has 3 heteroatoms. The minimum absolute atomic E-state index is 0.0565. The number of ketones is 1. The molecule has 0 fully saturated rings. The van der Waals surface area contributed by atoms with E-state index in [1.807, 2.05) is 39.8 Å². The fraction of sp³-hybridized carbons (Fsp3) is 0.533. The summed E-state index contributed by atoms with van der Waals surface area (Å²) in [7, 11) is 0. The second-order valence-electron chi connectivity index (χ2n) is 4.23. The van der Waals surface area contributed by atoms with Crippen molar-refractivity contribution in [3.63, 3.8) is 0 Å². The zero-order valence-corrected chi connectivity index (χ0v) is 12.6. The van der Waals surface area contributed by atoms with Crippen LogP contribution in [0, 0.1) is 11.8 Å². The summed E-state index contributed by atoms with van der Waals surface area (Å²) in [5, 5.41) is 0.640. The van der Waals surface area contributed by atoms with E-state index in [-0.39, 0.29) is 17.6 Å². The first-order valence-corrected chi connectivity index (χ1v) is 6.77. The molecule has 2 nitrogen and oxygen atoms in total. The van der Waals surface area contributed by atoms with Gasteiger partial charge >= 0.3 is 0 Å². The van der Waals surface area contributed by atoms with Crippen LogP contribution in [0.4, 0.5) is 0 Å². The second-order valence-corrected chi connectivity index (χ2v) is 4.67. The van der Waals surface area contributed by atoms with Crippen molar-refractivity contribution in [2.45, 2.75) is 34.6 Å². The third kappa shape index (κ3) is 6.06. The minimum atomic E-state index is -0.0565. The molecule has 0 aliphatic rings. The van der Waals surface area contributed by atoms with Crippen LogP contribution in [0.2, 0.25) is 5.02 Å². The van der Waals surface area contributed by atoms with Gasteiger partial charge in [0.15, 0.2) is 0 Å². The van der Waals surface area contributed by atoms with Gasteiger partial charge in [-0.05, 0) is 31.0 Å². The average Bonchev–Trinajstić information content (AvgIpc) is 2.31. The van der Waals surface area contributed by atoms with Gasteiger partial charge in [0, 0.05) is 5.02 Å². The van der Waals surface area contributed by atoms with E-state index in [1.165, 1.54) is 0 Å². The van der Waals surface area contributed by atoms with Crippen LogP contribution in [0.1, 0.15) is 34.6 Å². The molecular weight excluding hydrogens is 248 g/mol. The number of carbonyl (C=O) groups excluding carboxylic acids is 1. The largest absolute Gasteiger partial charge is 0.493 e. The molecule has 1 atom stereocenters. The van der Waals surface area contributed by atoms with Crippen molar-refractivity contribution in [1.29, 1.82) is 0 Å². The Bertz CT molecular complexity index is 361. The summed E-state index contributed by atoms with van der Waals surface area (Å²) in [6.45, 7) is 10.1. The highest BCUT2D eigenvalue weighted by Crippen LogP contribution is 2.19. The predicted molar refractivity (Wildman–Crippen MR) is 77.3 cm³/mol. The van der Waals surface area contributed by atoms with E-state index < -0.39 is 0 Å². The highest BCUT2D eigenvalue weighted by Gasteiger charge is 2.19. The average molecular weight is 271 g/mol. The fourth-order valence-electron chi connectivity index (χ4n) is 1.52. The first-order chi connectivity index (χ1) is 8.50. The van der Waals surface area contributed by atoms with Crippen LogP contribution in [0.5, 0.6) is 5.75 Å². The normalized spacial score (nSPS) is 11.5. The molecule has 0 amide bonds. The number of Topliss-reactive ketones (excluding diaryl/α,β-unsaturated/α-hetero) is 1. The van der Waals surface area contributed by atoms with E-state index in [0.29, 0.717) is 17.4 Å². The van der Waals surface area contributed by atoms with Gasteiger partial charge in [0.25, 0.3) is 0 Å². The Labute approximate surface area is 115 Å². The Hall–Kier alpha value is -1.02. The van der Waals surface area contributed by atoms with E-state index >= 15 is 0 Å². The van der Waals surface area contributed by atoms with E-state index in [0.717, 1.165) is 0 Å². The Morgan fingerprint density at radius 1 is 1.33 bits per heavy atom. The standard InChI is InChI=1S/C13H17ClO2.C2H6/c1-9(2)13(10(3)15)8-16-12-6-4-5-11(14)7-12;1-2/h4-7,9,13H,8H2,1-3H3;1-2H3. The lowest BCUT2D eigenvalue weighted by Gasteiger charge is -2.18. The molecule has 0 N–H and O–H groups in total. The van der Waals surface area contributed by atoms with Gasteiger partial charge in [0.1, 0.15) is 11.5 Å². The van der Waals surface area contributed by atoms with Gasteiger partial charge in [-0.1, -0.05) is 45.4 Å². The Kier molecular flexibility index (Phi) is 8.47. The van der Waals surface area contributed by atoms with Crippen LogP contribution in [0.3, 0.4) is 0 Å². The molecule has 0 aromatic heterocycles. The monoisotopic (exact) mass is 270 g/mol. The molecule has 0 spiro atoms. The summed E-state index contributed by atoms with van der Waals surface area (Å²) in [5.74, 6) is 1.10. The lowest BCUT2D eigenvalue weighted by atomic mass is 9.93. The summed E-state index contributed by atoms with van der Waals surface area (Å²) >= 11 is 5.84. The molecule has 0 radical (unpaired) electrons. The Morgan fingerprint density at radius 2 is 1.94 bits per heavy atom. The van der Waals surface area contributed by atoms with Gasteiger partial charge in [0.05, 0.1) is 12.5 Å². The fourth-order valence-corrected chi connectivity index (χ4v) is 1.70. The number of halogens is 1. The third-order valence-corrected chi connectivity index (χ3v) is 2.79. The summed E-state index contributed by atoms with van der Waals surface area (Å²) in [6, 6.07) is 7.21. The molecule has 102 valence electrons. The van der Waals surface area contributed by atoms with E-state index in [4.69, 9.17) is 16.3 Å². The summed E-state index contributed by atoms with van der Waals surface area (Å²) in [5.41, 5.74) is 0. The number of hydrogen-bond donors (Lipinski definition) is 0. The van der Waals surface area contributed by atoms with Gasteiger partial charge < -0.3 is 4.74 Å². The van der Waals surface area contributed by atoms with Crippen LogP contribution in [-0.2, 0) is 4.79 Å². The maximum atomic E-state index is 11.4. The van der Waals surface area contributed by atoms with Crippen LogP contribution in [0.15, 0.2) is 24.3 Å². The van der Waals surface area contributed by atoms with E-state index in [1.54, 1.807) is 19.1 Å². The molecule has 0 heterocycles. The highest BCUT2D eigenvalue weighted by atomic mass is 35.5. The van der Waals surface area contributed by atoms with Crippen LogP contribution >= 0.6 is 11.6 Å². The van der Waals surface area contributed by atoms with E-state index in [2.05, 4.69) is 0 Å². The van der Waals surface area contributed by atoms with E-state index in [9.17, 15) is 4.79 Å². The molecule has 0 aliphatic carbocycles. The zero-order chi connectivity index (χ0) is 14.1. The van der Waals surface area contributed by atoms with Crippen LogP contribution < -0.4 is 4.74 Å². The Balaban J connectivity index is 0.00000137. The van der Waals surface area contributed by atoms with Gasteiger partial charge in [-0.25, -0.2) is 0 Å². The molecule has 0 bridgehead atoms. The molecule has 1 aromatic carbocycles. The summed E-state index contributed by atoms with van der Waals surface area (Å²) < 4.78 is 5.57. The first kappa shape index (κ1) is 17.0. The maximum absolute atomic E-state index is 11.4. The second kappa shape index (κ2) is 8.98. The lowest BCUT2D eigenvalue weighted by molar-refractivity contribution is -0.123. The number of ether oxygens (including phenoxy) is 1. The summed E-state index contributed by atoms with van der Waals surface area (Å²) in [6.07, 6.45) is 0. The van der Waals surface area contributed by atoms with Gasteiger partial charge in [-0.3, -0.25) is 4.79 Å². The van der Waals surface area contributed by atoms with Crippen LogP contribution in [-0.4, -0.2) is 12.4 Å². The number of hydrogen-bond acceptors (Lipinski definition) is 2. The first-order valence-electron chi connectivity index (χ1n) is 6.39. The van der Waals surface area contributed by atoms with Crippen molar-refractivity contribution in [2.24, 2.45) is 11.8 Å². The number of carbonyl (C=O) groups is 1. The molecular formula is C15H23ClO2. The SMILES string of the molecule is CC.CC(=O)C(COc1cccc(Cl)c1)C(C)C. The quantitative estimate of drug-likeness (QED) is 0.781. The molecule has 0 saturated carbocycles. The molecule has 0 aliphatic heterocycles. The maximum Gasteiger partial charge on any atom is 0.136 e. The van der Waals surface area contributed by atoms with Crippen molar-refractivity contribution in [3.8, 4) is 5.75 Å². The highest BCUT2D eigenvalue weighted by molar-refractivity contribution is 6.30. The summed E-state index contributed by atoms with van der Waals surface area (Å²) in [4.78, 5) is 11.4. The van der Waals surface area contributed by atoms with Crippen molar-refractivity contribution in [3.05, 3.63) is 29.3 Å². The number of rotatable bonds is 5. The molecule has 1 unspecified atom stereocenters. The molecule has 0 saturated heterocycles. The number of benzene rings is 1. The molecule has 1 rings (SSSR count). The minimum Gasteiger partial charge on any atom is -0.493 e. The van der Waals surface area contributed by atoms with Crippen molar-refractivity contribution in [1.82, 2.24) is 0 Å². The van der Waals surface area contributed by atoms with Crippen molar-refractivity contribution >= 4 is 17.4 Å². The van der Waals surface area contributed by atoms with Crippen molar-refractivity contribution in [2.75, 3.05) is 6.61 Å². The van der Waals surface area contributed by atoms with Crippen molar-refractivity contribution < 1.29 is 9.53 Å². The van der Waals surface area contributed by atoms with Gasteiger partial charge in [0.2, 0.25) is 0 Å².